The van der Waals surface area contributed by atoms with E-state index in [2.05, 4.69) is 20.9 Å². The lowest BCUT2D eigenvalue weighted by Crippen LogP contribution is -1.82. The molecule has 3 aromatic rings. The van der Waals surface area contributed by atoms with E-state index in [1.54, 1.807) is 24.3 Å². The fourth-order valence-electron chi connectivity index (χ4n) is 1.72. The standard InChI is InChI=1S/C13H8BrFN2O/c14-10-3-1-7(15)5-9(10)13-17-11-4-2-8(16)6-12(11)18-13/h1-6H,16H2. The van der Waals surface area contributed by atoms with Gasteiger partial charge in [-0.25, -0.2) is 9.37 Å². The Hall–Kier alpha value is -1.88. The average molecular weight is 307 g/mol. The van der Waals surface area contributed by atoms with E-state index in [1.165, 1.54) is 12.1 Å². The van der Waals surface area contributed by atoms with Crippen LogP contribution >= 0.6 is 15.9 Å². The highest BCUT2D eigenvalue weighted by Gasteiger charge is 2.12. The third kappa shape index (κ3) is 1.86. The van der Waals surface area contributed by atoms with Gasteiger partial charge in [0.2, 0.25) is 5.89 Å². The van der Waals surface area contributed by atoms with Gasteiger partial charge >= 0.3 is 0 Å². The molecular formula is C13H8BrFN2O. The minimum Gasteiger partial charge on any atom is -0.436 e. The molecule has 18 heavy (non-hydrogen) atoms. The minimum absolute atomic E-state index is 0.338. The maximum Gasteiger partial charge on any atom is 0.228 e. The summed E-state index contributed by atoms with van der Waals surface area (Å²) in [5.74, 6) is 0.0249. The van der Waals surface area contributed by atoms with Gasteiger partial charge in [-0.3, -0.25) is 0 Å². The first-order valence-electron chi connectivity index (χ1n) is 5.25. The van der Waals surface area contributed by atoms with E-state index >= 15 is 0 Å². The minimum atomic E-state index is -0.338. The van der Waals surface area contributed by atoms with E-state index < -0.39 is 0 Å². The number of fused-ring (bicyclic) bond motifs is 1. The van der Waals surface area contributed by atoms with Crippen molar-refractivity contribution in [2.75, 3.05) is 5.73 Å². The van der Waals surface area contributed by atoms with Crippen LogP contribution in [0.3, 0.4) is 0 Å². The topological polar surface area (TPSA) is 52.0 Å². The largest absolute Gasteiger partial charge is 0.436 e. The molecule has 0 bridgehead atoms. The van der Waals surface area contributed by atoms with Crippen LogP contribution in [-0.4, -0.2) is 4.98 Å². The zero-order valence-corrected chi connectivity index (χ0v) is 10.7. The molecule has 0 atom stereocenters. The number of nitrogens with two attached hydrogens (primary N) is 1. The summed E-state index contributed by atoms with van der Waals surface area (Å²) in [5, 5.41) is 0. The third-order valence-electron chi connectivity index (χ3n) is 2.57. The van der Waals surface area contributed by atoms with Crippen molar-refractivity contribution in [1.82, 2.24) is 4.98 Å². The molecule has 2 N–H and O–H groups in total. The van der Waals surface area contributed by atoms with E-state index in [4.69, 9.17) is 10.2 Å². The molecule has 1 heterocycles. The zero-order valence-electron chi connectivity index (χ0n) is 9.15. The summed E-state index contributed by atoms with van der Waals surface area (Å²) in [6, 6.07) is 9.57. The molecule has 0 fully saturated rings. The first kappa shape index (κ1) is 11.2. The van der Waals surface area contributed by atoms with Gasteiger partial charge in [-0.05, 0) is 46.3 Å². The summed E-state index contributed by atoms with van der Waals surface area (Å²) < 4.78 is 19.6. The van der Waals surface area contributed by atoms with Crippen LogP contribution in [0.15, 0.2) is 45.3 Å². The Kier molecular flexibility index (Phi) is 2.56. The van der Waals surface area contributed by atoms with Gasteiger partial charge in [-0.1, -0.05) is 0 Å². The molecule has 90 valence electrons. The zero-order chi connectivity index (χ0) is 12.7. The lowest BCUT2D eigenvalue weighted by atomic mass is 10.2. The monoisotopic (exact) mass is 306 g/mol. The van der Waals surface area contributed by atoms with Crippen molar-refractivity contribution in [2.24, 2.45) is 0 Å². The van der Waals surface area contributed by atoms with E-state index in [-0.39, 0.29) is 5.82 Å². The molecule has 0 saturated heterocycles. The molecule has 0 aliphatic carbocycles. The lowest BCUT2D eigenvalue weighted by molar-refractivity contribution is 0.610. The second-order valence-electron chi connectivity index (χ2n) is 3.87. The summed E-state index contributed by atoms with van der Waals surface area (Å²) in [6.45, 7) is 0. The SMILES string of the molecule is Nc1ccc2nc(-c3cc(F)ccc3Br)oc2c1. The molecule has 0 spiro atoms. The van der Waals surface area contributed by atoms with Gasteiger partial charge < -0.3 is 10.2 Å². The summed E-state index contributed by atoms with van der Waals surface area (Å²) in [5.41, 5.74) is 8.12. The average Bonchev–Trinajstić information content (AvgIpc) is 2.74. The number of benzene rings is 2. The number of hydrogen-bond acceptors (Lipinski definition) is 3. The van der Waals surface area contributed by atoms with Crippen LogP contribution in [0.25, 0.3) is 22.6 Å². The molecule has 5 heteroatoms. The number of halogens is 2. The Morgan fingerprint density at radius 2 is 2.00 bits per heavy atom. The Labute approximate surface area is 111 Å². The molecule has 0 aliphatic rings. The van der Waals surface area contributed by atoms with Crippen molar-refractivity contribution in [1.29, 1.82) is 0 Å². The van der Waals surface area contributed by atoms with Gasteiger partial charge in [0.15, 0.2) is 5.58 Å². The predicted molar refractivity (Wildman–Crippen MR) is 71.5 cm³/mol. The normalized spacial score (nSPS) is 11.0. The molecule has 0 amide bonds. The fraction of sp³-hybridized carbons (Fsp3) is 0. The van der Waals surface area contributed by atoms with Crippen molar-refractivity contribution in [3.05, 3.63) is 46.7 Å². The number of anilines is 1. The van der Waals surface area contributed by atoms with Crippen LogP contribution in [0.5, 0.6) is 0 Å². The van der Waals surface area contributed by atoms with Crippen LogP contribution in [0.2, 0.25) is 0 Å². The Morgan fingerprint density at radius 3 is 2.83 bits per heavy atom. The number of oxazole rings is 1. The second kappa shape index (κ2) is 4.10. The first-order valence-corrected chi connectivity index (χ1v) is 6.04. The van der Waals surface area contributed by atoms with Crippen molar-refractivity contribution < 1.29 is 8.81 Å². The molecule has 0 aliphatic heterocycles. The molecule has 3 nitrogen and oxygen atoms in total. The van der Waals surface area contributed by atoms with Crippen molar-refractivity contribution in [3.8, 4) is 11.5 Å². The molecule has 3 rings (SSSR count). The first-order chi connectivity index (χ1) is 8.63. The Balaban J connectivity index is 2.22. The second-order valence-corrected chi connectivity index (χ2v) is 4.72. The summed E-state index contributed by atoms with van der Waals surface area (Å²) in [7, 11) is 0. The Bertz CT molecular complexity index is 739. The maximum atomic E-state index is 13.2. The fourth-order valence-corrected chi connectivity index (χ4v) is 2.13. The van der Waals surface area contributed by atoms with Crippen molar-refractivity contribution in [3.63, 3.8) is 0 Å². The van der Waals surface area contributed by atoms with Crippen LogP contribution in [0.1, 0.15) is 0 Å². The molecule has 0 unspecified atom stereocenters. The van der Waals surface area contributed by atoms with Gasteiger partial charge in [0.1, 0.15) is 11.3 Å². The van der Waals surface area contributed by atoms with Gasteiger partial charge in [0, 0.05) is 16.2 Å². The van der Waals surface area contributed by atoms with Crippen LogP contribution in [0.4, 0.5) is 10.1 Å². The third-order valence-corrected chi connectivity index (χ3v) is 3.26. The van der Waals surface area contributed by atoms with E-state index in [1.807, 2.05) is 0 Å². The quantitative estimate of drug-likeness (QED) is 0.692. The van der Waals surface area contributed by atoms with E-state index in [9.17, 15) is 4.39 Å². The van der Waals surface area contributed by atoms with Crippen LogP contribution < -0.4 is 5.73 Å². The maximum absolute atomic E-state index is 13.2. The number of aromatic nitrogens is 1. The smallest absolute Gasteiger partial charge is 0.228 e. The van der Waals surface area contributed by atoms with Crippen molar-refractivity contribution in [2.45, 2.75) is 0 Å². The molecule has 1 aromatic heterocycles. The van der Waals surface area contributed by atoms with E-state index in [0.29, 0.717) is 28.2 Å². The predicted octanol–water partition coefficient (Wildman–Crippen LogP) is 3.98. The van der Waals surface area contributed by atoms with Gasteiger partial charge in [0.05, 0.1) is 5.56 Å². The molecule has 0 saturated carbocycles. The molecule has 0 radical (unpaired) electrons. The number of rotatable bonds is 1. The van der Waals surface area contributed by atoms with Crippen LogP contribution in [-0.2, 0) is 0 Å². The summed E-state index contributed by atoms with van der Waals surface area (Å²) >= 11 is 3.35. The highest BCUT2D eigenvalue weighted by atomic mass is 79.9. The van der Waals surface area contributed by atoms with Crippen LogP contribution in [0, 0.1) is 5.82 Å². The molecule has 2 aromatic carbocycles. The van der Waals surface area contributed by atoms with E-state index in [0.717, 1.165) is 4.47 Å². The summed E-state index contributed by atoms with van der Waals surface area (Å²) in [6.07, 6.45) is 0. The number of hydrogen-bond donors (Lipinski definition) is 1. The highest BCUT2D eigenvalue weighted by Crippen LogP contribution is 2.31. The number of nitrogens with zero attached hydrogens (tertiary/aromatic N) is 1. The van der Waals surface area contributed by atoms with Gasteiger partial charge in [0.25, 0.3) is 0 Å². The Morgan fingerprint density at radius 1 is 1.17 bits per heavy atom. The summed E-state index contributed by atoms with van der Waals surface area (Å²) in [4.78, 5) is 4.31. The molecular weight excluding hydrogens is 299 g/mol. The highest BCUT2D eigenvalue weighted by molar-refractivity contribution is 9.10. The lowest BCUT2D eigenvalue weighted by Gasteiger charge is -1.98. The van der Waals surface area contributed by atoms with Gasteiger partial charge in [-0.2, -0.15) is 0 Å². The van der Waals surface area contributed by atoms with Crippen molar-refractivity contribution >= 4 is 32.7 Å². The number of nitrogen functional groups attached to an aromatic ring is 1. The van der Waals surface area contributed by atoms with Gasteiger partial charge in [-0.15, -0.1) is 0 Å².